The first-order chi connectivity index (χ1) is 18.3. The minimum atomic E-state index is -1.07. The van der Waals surface area contributed by atoms with E-state index in [-0.39, 0.29) is 23.3 Å². The van der Waals surface area contributed by atoms with E-state index in [2.05, 4.69) is 4.99 Å². The highest BCUT2D eigenvalue weighted by atomic mass is 35.5. The molecule has 0 fully saturated rings. The fourth-order valence-corrected chi connectivity index (χ4v) is 5.64. The van der Waals surface area contributed by atoms with Crippen molar-refractivity contribution >= 4 is 41.0 Å². The SMILES string of the molecule is CCOC(=O)C1=C(C)N=c2s/c(=C\c3ccc(-c4ccccc4C(=O)O)o3)c(=O)n2[C@@H]1c1ccccc1Cl. The molecular weight excluding hydrogens is 528 g/mol. The van der Waals surface area contributed by atoms with Crippen LogP contribution < -0.4 is 14.9 Å². The highest BCUT2D eigenvalue weighted by Crippen LogP contribution is 2.34. The summed E-state index contributed by atoms with van der Waals surface area (Å²) in [6.07, 6.45) is 1.57. The van der Waals surface area contributed by atoms with Crippen molar-refractivity contribution in [1.29, 1.82) is 0 Å². The number of thiazole rings is 1. The van der Waals surface area contributed by atoms with Gasteiger partial charge in [0.15, 0.2) is 4.80 Å². The number of rotatable bonds is 6. The van der Waals surface area contributed by atoms with Crippen molar-refractivity contribution in [2.75, 3.05) is 6.61 Å². The van der Waals surface area contributed by atoms with E-state index >= 15 is 0 Å². The molecule has 0 spiro atoms. The van der Waals surface area contributed by atoms with Gasteiger partial charge in [0.2, 0.25) is 0 Å². The molecule has 1 aliphatic heterocycles. The van der Waals surface area contributed by atoms with Gasteiger partial charge in [-0.15, -0.1) is 0 Å². The Hall–Kier alpha value is -4.21. The van der Waals surface area contributed by atoms with Gasteiger partial charge in [0.25, 0.3) is 5.56 Å². The van der Waals surface area contributed by atoms with Crippen molar-refractivity contribution in [3.05, 3.63) is 114 Å². The monoisotopic (exact) mass is 548 g/mol. The number of carbonyl (C=O) groups excluding carboxylic acids is 1. The third-order valence-electron chi connectivity index (χ3n) is 6.04. The van der Waals surface area contributed by atoms with Crippen LogP contribution in [0.5, 0.6) is 0 Å². The Morgan fingerprint density at radius 3 is 2.63 bits per heavy atom. The quantitative estimate of drug-likeness (QED) is 0.357. The number of esters is 1. The Kier molecular flexibility index (Phi) is 6.88. The van der Waals surface area contributed by atoms with E-state index in [9.17, 15) is 19.5 Å². The molecule has 0 amide bonds. The maximum atomic E-state index is 13.7. The van der Waals surface area contributed by atoms with Gasteiger partial charge in [-0.3, -0.25) is 9.36 Å². The van der Waals surface area contributed by atoms with Crippen LogP contribution in [0.4, 0.5) is 0 Å². The molecule has 1 N–H and O–H groups in total. The summed E-state index contributed by atoms with van der Waals surface area (Å²) in [7, 11) is 0. The lowest BCUT2D eigenvalue weighted by Gasteiger charge is -2.25. The van der Waals surface area contributed by atoms with E-state index in [4.69, 9.17) is 20.8 Å². The molecular formula is C28H21ClN2O6S. The number of furan rings is 1. The van der Waals surface area contributed by atoms with Crippen LogP contribution in [0.3, 0.4) is 0 Å². The van der Waals surface area contributed by atoms with Gasteiger partial charge in [-0.2, -0.15) is 0 Å². The van der Waals surface area contributed by atoms with E-state index in [1.54, 1.807) is 74.5 Å². The predicted molar refractivity (Wildman–Crippen MR) is 143 cm³/mol. The molecule has 10 heteroatoms. The molecule has 0 saturated carbocycles. The molecule has 3 heterocycles. The molecule has 2 aromatic heterocycles. The summed E-state index contributed by atoms with van der Waals surface area (Å²) < 4.78 is 13.0. The molecule has 4 aromatic rings. The zero-order valence-electron chi connectivity index (χ0n) is 20.3. The number of hydrogen-bond donors (Lipinski definition) is 1. The lowest BCUT2D eigenvalue weighted by molar-refractivity contribution is -0.139. The smallest absolute Gasteiger partial charge is 0.338 e. The van der Waals surface area contributed by atoms with Crippen molar-refractivity contribution in [2.45, 2.75) is 19.9 Å². The van der Waals surface area contributed by atoms with E-state index in [1.165, 1.54) is 10.6 Å². The normalized spacial score (nSPS) is 15.2. The summed E-state index contributed by atoms with van der Waals surface area (Å²) in [4.78, 5) is 43.2. The zero-order valence-corrected chi connectivity index (χ0v) is 21.9. The average molecular weight is 549 g/mol. The number of aromatic nitrogens is 1. The Morgan fingerprint density at radius 2 is 1.89 bits per heavy atom. The number of carboxylic acids is 1. The summed E-state index contributed by atoms with van der Waals surface area (Å²) in [5, 5.41) is 9.90. The minimum Gasteiger partial charge on any atom is -0.478 e. The van der Waals surface area contributed by atoms with E-state index in [1.807, 2.05) is 0 Å². The molecule has 0 unspecified atom stereocenters. The van der Waals surface area contributed by atoms with Gasteiger partial charge in [-0.05, 0) is 43.7 Å². The lowest BCUT2D eigenvalue weighted by atomic mass is 9.96. The summed E-state index contributed by atoms with van der Waals surface area (Å²) in [5.74, 6) is -0.919. The lowest BCUT2D eigenvalue weighted by Crippen LogP contribution is -2.40. The number of nitrogens with zero attached hydrogens (tertiary/aromatic N) is 2. The molecule has 8 nitrogen and oxygen atoms in total. The van der Waals surface area contributed by atoms with Crippen molar-refractivity contribution in [1.82, 2.24) is 4.57 Å². The standard InChI is InChI=1S/C28H21ClN2O6S/c1-3-36-27(35)23-15(2)30-28-31(24(23)19-10-6-7-11-20(19)29)25(32)22(38-28)14-16-12-13-21(37-16)17-8-4-5-9-18(17)26(33)34/h4-14,24H,3H2,1-2H3,(H,33,34)/b22-14-/t24-/m1/s1. The second-order valence-corrected chi connectivity index (χ2v) is 9.79. The number of fused-ring (bicyclic) bond motifs is 1. The van der Waals surface area contributed by atoms with Crippen LogP contribution in [0.15, 0.2) is 86.1 Å². The molecule has 1 atom stereocenters. The van der Waals surface area contributed by atoms with Crippen LogP contribution in [0.1, 0.15) is 41.6 Å². The maximum Gasteiger partial charge on any atom is 0.338 e. The number of hydrogen-bond acceptors (Lipinski definition) is 7. The van der Waals surface area contributed by atoms with E-state index in [0.29, 0.717) is 42.7 Å². The van der Waals surface area contributed by atoms with Crippen LogP contribution in [-0.4, -0.2) is 28.2 Å². The average Bonchev–Trinajstić information content (AvgIpc) is 3.48. The van der Waals surface area contributed by atoms with Gasteiger partial charge < -0.3 is 14.3 Å². The van der Waals surface area contributed by atoms with Crippen LogP contribution in [0, 0.1) is 0 Å². The number of benzene rings is 2. The Balaban J connectivity index is 1.65. The number of carbonyl (C=O) groups is 2. The van der Waals surface area contributed by atoms with Gasteiger partial charge in [0.1, 0.15) is 17.6 Å². The van der Waals surface area contributed by atoms with E-state index in [0.717, 1.165) is 11.3 Å². The van der Waals surface area contributed by atoms with Crippen LogP contribution in [0.25, 0.3) is 17.4 Å². The Labute approximate surface area is 225 Å². The van der Waals surface area contributed by atoms with Gasteiger partial charge in [-0.25, -0.2) is 14.6 Å². The van der Waals surface area contributed by atoms with Gasteiger partial charge in [0, 0.05) is 16.7 Å². The second kappa shape index (κ2) is 10.3. The molecule has 0 bridgehead atoms. The molecule has 0 radical (unpaired) electrons. The summed E-state index contributed by atoms with van der Waals surface area (Å²) in [6, 6.07) is 16.0. The Morgan fingerprint density at radius 1 is 1.16 bits per heavy atom. The summed E-state index contributed by atoms with van der Waals surface area (Å²) in [6.45, 7) is 3.58. The second-order valence-electron chi connectivity index (χ2n) is 8.38. The van der Waals surface area contributed by atoms with Gasteiger partial charge >= 0.3 is 11.9 Å². The van der Waals surface area contributed by atoms with Crippen molar-refractivity contribution < 1.29 is 23.8 Å². The van der Waals surface area contributed by atoms with Crippen molar-refractivity contribution in [2.24, 2.45) is 4.99 Å². The molecule has 0 aliphatic carbocycles. The number of carboxylic acid groups (broad SMARTS) is 1. The number of allylic oxidation sites excluding steroid dienone is 1. The number of ether oxygens (including phenoxy) is 1. The first-order valence-electron chi connectivity index (χ1n) is 11.7. The first-order valence-corrected chi connectivity index (χ1v) is 12.9. The Bertz CT molecular complexity index is 1800. The fraction of sp³-hybridized carbons (Fsp3) is 0.143. The topological polar surface area (TPSA) is 111 Å². The highest BCUT2D eigenvalue weighted by Gasteiger charge is 2.34. The fourth-order valence-electron chi connectivity index (χ4n) is 4.37. The maximum absolute atomic E-state index is 13.7. The predicted octanol–water partition coefficient (Wildman–Crippen LogP) is 4.41. The molecule has 5 rings (SSSR count). The minimum absolute atomic E-state index is 0.106. The molecule has 2 aromatic carbocycles. The number of halogens is 1. The number of aromatic carboxylic acids is 1. The largest absolute Gasteiger partial charge is 0.478 e. The van der Waals surface area contributed by atoms with Crippen LogP contribution >= 0.6 is 22.9 Å². The van der Waals surface area contributed by atoms with Crippen molar-refractivity contribution in [3.63, 3.8) is 0 Å². The molecule has 38 heavy (non-hydrogen) atoms. The molecule has 192 valence electrons. The van der Waals surface area contributed by atoms with Crippen LogP contribution in [0.2, 0.25) is 5.02 Å². The molecule has 1 aliphatic rings. The van der Waals surface area contributed by atoms with Crippen molar-refractivity contribution in [3.8, 4) is 11.3 Å². The third kappa shape index (κ3) is 4.51. The molecule has 0 saturated heterocycles. The summed E-state index contributed by atoms with van der Waals surface area (Å²) >= 11 is 7.67. The third-order valence-corrected chi connectivity index (χ3v) is 7.37. The highest BCUT2D eigenvalue weighted by molar-refractivity contribution is 7.07. The zero-order chi connectivity index (χ0) is 27.0. The van der Waals surface area contributed by atoms with Gasteiger partial charge in [0.05, 0.1) is 28.0 Å². The van der Waals surface area contributed by atoms with Crippen LogP contribution in [-0.2, 0) is 9.53 Å². The van der Waals surface area contributed by atoms with Gasteiger partial charge in [-0.1, -0.05) is 59.3 Å². The first kappa shape index (κ1) is 25.4. The van der Waals surface area contributed by atoms with E-state index < -0.39 is 18.0 Å². The summed E-state index contributed by atoms with van der Waals surface area (Å²) in [5.41, 5.74) is 1.40.